The molecule has 0 saturated carbocycles. The molecule has 0 N–H and O–H groups in total. The van der Waals surface area contributed by atoms with Crippen LogP contribution < -0.4 is 4.90 Å². The van der Waals surface area contributed by atoms with E-state index in [1.54, 1.807) is 41.6 Å². The Labute approximate surface area is 169 Å². The van der Waals surface area contributed by atoms with E-state index in [-0.39, 0.29) is 23.6 Å². The Morgan fingerprint density at radius 2 is 1.45 bits per heavy atom. The molecule has 4 rings (SSSR count). The van der Waals surface area contributed by atoms with Crippen LogP contribution in [0.5, 0.6) is 0 Å². The van der Waals surface area contributed by atoms with Gasteiger partial charge in [-0.2, -0.15) is 0 Å². The van der Waals surface area contributed by atoms with E-state index < -0.39 is 6.04 Å². The van der Waals surface area contributed by atoms with E-state index in [1.165, 1.54) is 0 Å². The number of nitrogens with zero attached hydrogens (tertiary/aromatic N) is 4. The summed E-state index contributed by atoms with van der Waals surface area (Å²) in [5, 5.41) is 0. The van der Waals surface area contributed by atoms with Gasteiger partial charge < -0.3 is 9.80 Å². The Hall–Kier alpha value is -3.22. The first-order valence-electron chi connectivity index (χ1n) is 9.89. The van der Waals surface area contributed by atoms with Crippen molar-refractivity contribution in [2.75, 3.05) is 31.1 Å². The van der Waals surface area contributed by atoms with Crippen molar-refractivity contribution in [1.82, 2.24) is 14.8 Å². The molecule has 1 saturated heterocycles. The van der Waals surface area contributed by atoms with Crippen molar-refractivity contribution in [3.63, 3.8) is 0 Å². The minimum atomic E-state index is -0.796. The zero-order chi connectivity index (χ0) is 20.5. The van der Waals surface area contributed by atoms with Crippen LogP contribution in [0.25, 0.3) is 0 Å². The standard InChI is InChI=1S/C22H24N4O3/c1-15(2)19(26-20(27)17-5-3-4-6-18(17)21(26)28)22(29)25-13-11-24(12-14-25)16-7-9-23-10-8-16/h3-10,15,19H,11-14H2,1-2H3. The van der Waals surface area contributed by atoms with E-state index in [9.17, 15) is 14.4 Å². The van der Waals surface area contributed by atoms with Gasteiger partial charge in [0.2, 0.25) is 5.91 Å². The van der Waals surface area contributed by atoms with E-state index >= 15 is 0 Å². The Morgan fingerprint density at radius 1 is 0.897 bits per heavy atom. The molecule has 2 aliphatic heterocycles. The van der Waals surface area contributed by atoms with E-state index in [4.69, 9.17) is 0 Å². The molecule has 0 aliphatic carbocycles. The van der Waals surface area contributed by atoms with Crippen molar-refractivity contribution >= 4 is 23.4 Å². The van der Waals surface area contributed by atoms with E-state index in [2.05, 4.69) is 9.88 Å². The highest BCUT2D eigenvalue weighted by Crippen LogP contribution is 2.28. The number of rotatable bonds is 4. The molecule has 2 aliphatic rings. The molecule has 3 amide bonds. The van der Waals surface area contributed by atoms with Crippen molar-refractivity contribution in [3.05, 3.63) is 59.9 Å². The molecular weight excluding hydrogens is 368 g/mol. The number of aromatic nitrogens is 1. The van der Waals surface area contributed by atoms with Gasteiger partial charge in [0.05, 0.1) is 11.1 Å². The molecule has 3 heterocycles. The zero-order valence-electron chi connectivity index (χ0n) is 16.6. The lowest BCUT2D eigenvalue weighted by molar-refractivity contribution is -0.137. The van der Waals surface area contributed by atoms with Gasteiger partial charge in [-0.05, 0) is 30.2 Å². The average Bonchev–Trinajstić information content (AvgIpc) is 3.00. The van der Waals surface area contributed by atoms with Crippen LogP contribution in [0.3, 0.4) is 0 Å². The number of benzene rings is 1. The van der Waals surface area contributed by atoms with Crippen LogP contribution in [-0.2, 0) is 4.79 Å². The van der Waals surface area contributed by atoms with Gasteiger partial charge in [0, 0.05) is 44.3 Å². The highest BCUT2D eigenvalue weighted by Gasteiger charge is 2.45. The van der Waals surface area contributed by atoms with Crippen molar-refractivity contribution < 1.29 is 14.4 Å². The first-order valence-corrected chi connectivity index (χ1v) is 9.89. The fourth-order valence-electron chi connectivity index (χ4n) is 4.08. The first-order chi connectivity index (χ1) is 14.0. The zero-order valence-corrected chi connectivity index (χ0v) is 16.6. The molecule has 1 fully saturated rings. The van der Waals surface area contributed by atoms with Crippen LogP contribution in [0.1, 0.15) is 34.6 Å². The summed E-state index contributed by atoms with van der Waals surface area (Å²) in [6.45, 7) is 6.24. The van der Waals surface area contributed by atoms with Crippen molar-refractivity contribution in [2.45, 2.75) is 19.9 Å². The molecule has 2 aromatic rings. The Balaban J connectivity index is 1.51. The number of imide groups is 1. The summed E-state index contributed by atoms with van der Waals surface area (Å²) in [5.41, 5.74) is 1.82. The minimum absolute atomic E-state index is 0.163. The number of amides is 3. The molecule has 1 unspecified atom stereocenters. The van der Waals surface area contributed by atoms with E-state index in [0.29, 0.717) is 37.3 Å². The number of hydrogen-bond acceptors (Lipinski definition) is 5. The van der Waals surface area contributed by atoms with Crippen LogP contribution in [0.15, 0.2) is 48.8 Å². The second kappa shape index (κ2) is 7.66. The third kappa shape index (κ3) is 3.37. The highest BCUT2D eigenvalue weighted by atomic mass is 16.2. The summed E-state index contributed by atoms with van der Waals surface area (Å²) in [6.07, 6.45) is 3.51. The molecule has 0 spiro atoms. The van der Waals surface area contributed by atoms with Gasteiger partial charge in [-0.1, -0.05) is 26.0 Å². The van der Waals surface area contributed by atoms with Gasteiger partial charge in [0.15, 0.2) is 0 Å². The topological polar surface area (TPSA) is 73.8 Å². The number of fused-ring (bicyclic) bond motifs is 1. The predicted octanol–water partition coefficient (Wildman–Crippen LogP) is 2.05. The molecule has 7 nitrogen and oxygen atoms in total. The summed E-state index contributed by atoms with van der Waals surface area (Å²) >= 11 is 0. The maximum Gasteiger partial charge on any atom is 0.262 e. The largest absolute Gasteiger partial charge is 0.368 e. The quantitative estimate of drug-likeness (QED) is 0.745. The maximum absolute atomic E-state index is 13.4. The summed E-state index contributed by atoms with van der Waals surface area (Å²) < 4.78 is 0. The lowest BCUT2D eigenvalue weighted by Crippen LogP contribution is -2.57. The number of pyridine rings is 1. The molecule has 1 aromatic heterocycles. The second-order valence-electron chi connectivity index (χ2n) is 7.73. The summed E-state index contributed by atoms with van der Waals surface area (Å²) in [6, 6.07) is 9.86. The monoisotopic (exact) mass is 392 g/mol. The van der Waals surface area contributed by atoms with Gasteiger partial charge >= 0.3 is 0 Å². The summed E-state index contributed by atoms with van der Waals surface area (Å²) in [4.78, 5) is 48.3. The average molecular weight is 392 g/mol. The normalized spacial score (nSPS) is 17.7. The van der Waals surface area contributed by atoms with Crippen molar-refractivity contribution in [3.8, 4) is 0 Å². The number of carbonyl (C=O) groups excluding carboxylic acids is 3. The van der Waals surface area contributed by atoms with Crippen LogP contribution in [0.4, 0.5) is 5.69 Å². The molecule has 150 valence electrons. The molecule has 0 bridgehead atoms. The smallest absolute Gasteiger partial charge is 0.262 e. The molecule has 0 radical (unpaired) electrons. The van der Waals surface area contributed by atoms with Crippen LogP contribution in [0, 0.1) is 5.92 Å². The van der Waals surface area contributed by atoms with Crippen LogP contribution in [-0.4, -0.2) is 64.7 Å². The Bertz CT molecular complexity index is 901. The predicted molar refractivity (Wildman–Crippen MR) is 109 cm³/mol. The van der Waals surface area contributed by atoms with Crippen molar-refractivity contribution in [2.24, 2.45) is 5.92 Å². The third-order valence-electron chi connectivity index (χ3n) is 5.61. The molecule has 7 heteroatoms. The molecule has 1 atom stereocenters. The van der Waals surface area contributed by atoms with Gasteiger partial charge in [-0.15, -0.1) is 0 Å². The molecular formula is C22H24N4O3. The highest BCUT2D eigenvalue weighted by molar-refractivity contribution is 6.22. The van der Waals surface area contributed by atoms with Crippen molar-refractivity contribution in [1.29, 1.82) is 0 Å². The van der Waals surface area contributed by atoms with Gasteiger partial charge in [0.25, 0.3) is 11.8 Å². The fourth-order valence-corrected chi connectivity index (χ4v) is 4.08. The lowest BCUT2D eigenvalue weighted by Gasteiger charge is -2.39. The number of piperazine rings is 1. The molecule has 29 heavy (non-hydrogen) atoms. The minimum Gasteiger partial charge on any atom is -0.368 e. The SMILES string of the molecule is CC(C)C(C(=O)N1CCN(c2ccncc2)CC1)N1C(=O)c2ccccc2C1=O. The number of carbonyl (C=O) groups is 3. The fraction of sp³-hybridized carbons (Fsp3) is 0.364. The van der Waals surface area contributed by atoms with Crippen LogP contribution >= 0.6 is 0 Å². The summed E-state index contributed by atoms with van der Waals surface area (Å²) in [5.74, 6) is -1.10. The Morgan fingerprint density at radius 3 is 1.97 bits per heavy atom. The van der Waals surface area contributed by atoms with Gasteiger partial charge in [-0.3, -0.25) is 24.3 Å². The first kappa shape index (κ1) is 19.1. The molecule has 1 aromatic carbocycles. The van der Waals surface area contributed by atoms with Gasteiger partial charge in [-0.25, -0.2) is 0 Å². The maximum atomic E-state index is 13.4. The second-order valence-corrected chi connectivity index (χ2v) is 7.73. The number of hydrogen-bond donors (Lipinski definition) is 0. The van der Waals surface area contributed by atoms with E-state index in [1.807, 2.05) is 26.0 Å². The number of anilines is 1. The lowest BCUT2D eigenvalue weighted by atomic mass is 10.0. The van der Waals surface area contributed by atoms with E-state index in [0.717, 1.165) is 10.6 Å². The third-order valence-corrected chi connectivity index (χ3v) is 5.61. The summed E-state index contributed by atoms with van der Waals surface area (Å²) in [7, 11) is 0. The Kier molecular flexibility index (Phi) is 5.05. The van der Waals surface area contributed by atoms with Gasteiger partial charge in [0.1, 0.15) is 6.04 Å². The van der Waals surface area contributed by atoms with Crippen LogP contribution in [0.2, 0.25) is 0 Å².